The number of nitrogens with one attached hydrogen (secondary N) is 1. The highest BCUT2D eigenvalue weighted by Crippen LogP contribution is 2.45. The minimum Gasteiger partial charge on any atom is -0.273 e. The molecular weight excluding hydrogens is 1090 g/mol. The Morgan fingerprint density at radius 2 is 1.17 bits per heavy atom. The van der Waals surface area contributed by atoms with Gasteiger partial charge >= 0.3 is 0 Å². The molecule has 0 bridgehead atoms. The van der Waals surface area contributed by atoms with Crippen molar-refractivity contribution < 1.29 is 22.2 Å². The van der Waals surface area contributed by atoms with Crippen molar-refractivity contribution in [2.75, 3.05) is 13.1 Å². The average molecular weight is 1150 g/mol. The van der Waals surface area contributed by atoms with Crippen molar-refractivity contribution in [1.82, 2.24) is 57.7 Å². The zero-order valence-electron chi connectivity index (χ0n) is 44.0. The van der Waals surface area contributed by atoms with E-state index in [0.29, 0.717) is 36.5 Å². The van der Waals surface area contributed by atoms with Gasteiger partial charge in [-0.15, -0.1) is 0 Å². The summed E-state index contributed by atoms with van der Waals surface area (Å²) < 4.78 is 51.6. The summed E-state index contributed by atoms with van der Waals surface area (Å²) in [5, 5.41) is 29.6. The fraction of sp³-hybridized carbons (Fsp3) is 0.577. The molecule has 12 rings (SSSR count). The number of hydrogen-bond donors (Lipinski definition) is 1. The Bertz CT molecular complexity index is 3510. The topological polar surface area (TPSA) is 258 Å². The van der Waals surface area contributed by atoms with Gasteiger partial charge in [-0.25, -0.2) is 46.0 Å². The molecule has 1 atom stereocenters. The lowest BCUT2D eigenvalue weighted by atomic mass is 9.75. The fourth-order valence-corrected chi connectivity index (χ4v) is 14.0. The van der Waals surface area contributed by atoms with Gasteiger partial charge in [-0.3, -0.25) is 28.1 Å². The average Bonchev–Trinajstić information content (AvgIpc) is 4.29. The SMILES string of the molecule is CC(C)(C)C(=O)n1ccc2c(-c3cnn(C4(CC#N)CCC4)c3)ncnc21.CC(C)(C)C(=O)n1ccc2c(-c3cnn(C4(CC#N)CN(S(=O)(=NC5CC5)C5CC5)C4)c3)ncnc21.ClC(Cl)Cl.O=S(=O)(NC1CC1)C1CC1. The first-order valence-corrected chi connectivity index (χ1v) is 30.3. The van der Waals surface area contributed by atoms with E-state index in [4.69, 9.17) is 44.4 Å². The van der Waals surface area contributed by atoms with E-state index in [0.717, 1.165) is 98.2 Å². The molecule has 1 aliphatic heterocycles. The fourth-order valence-electron chi connectivity index (χ4n) is 9.36. The molecule has 7 heterocycles. The van der Waals surface area contributed by atoms with Gasteiger partial charge in [0.2, 0.25) is 21.8 Å². The van der Waals surface area contributed by atoms with E-state index in [1.54, 1.807) is 33.9 Å². The van der Waals surface area contributed by atoms with E-state index in [-0.39, 0.29) is 46.4 Å². The molecule has 20 nitrogen and oxygen atoms in total. The molecular formula is C52H64Cl3N15O5S2. The van der Waals surface area contributed by atoms with Crippen molar-refractivity contribution in [3.05, 3.63) is 62.0 Å². The van der Waals surface area contributed by atoms with E-state index in [1.165, 1.54) is 12.7 Å². The normalized spacial score (nSPS) is 19.6. The van der Waals surface area contributed by atoms with Crippen LogP contribution in [0.25, 0.3) is 44.6 Å². The summed E-state index contributed by atoms with van der Waals surface area (Å²) >= 11 is 14.4. The summed E-state index contributed by atoms with van der Waals surface area (Å²) in [6.07, 6.45) is 25.4. The van der Waals surface area contributed by atoms with Crippen molar-refractivity contribution >= 4 is 88.6 Å². The Labute approximate surface area is 464 Å². The van der Waals surface area contributed by atoms with E-state index < -0.39 is 40.6 Å². The van der Waals surface area contributed by atoms with E-state index in [2.05, 4.69) is 47.0 Å². The molecule has 6 fully saturated rings. The molecule has 6 aromatic heterocycles. The molecule has 0 aromatic carbocycles. The lowest BCUT2D eigenvalue weighted by Crippen LogP contribution is -2.64. The first-order chi connectivity index (χ1) is 36.4. The number of hydrogen-bond acceptors (Lipinski definition) is 14. The van der Waals surface area contributed by atoms with Gasteiger partial charge in [0, 0.05) is 76.6 Å². The van der Waals surface area contributed by atoms with Crippen LogP contribution >= 0.6 is 34.8 Å². The van der Waals surface area contributed by atoms with E-state index in [9.17, 15) is 27.5 Å². The van der Waals surface area contributed by atoms with Crippen molar-refractivity contribution in [1.29, 1.82) is 10.5 Å². The van der Waals surface area contributed by atoms with Crippen LogP contribution in [-0.2, 0) is 31.0 Å². The number of aromatic nitrogens is 10. The summed E-state index contributed by atoms with van der Waals surface area (Å²) in [5.74, 6) is -0.0588. The number of nitrogens with zero attached hydrogens (tertiary/aromatic N) is 14. The Morgan fingerprint density at radius 3 is 1.56 bits per heavy atom. The van der Waals surface area contributed by atoms with Crippen LogP contribution in [0.3, 0.4) is 0 Å². The molecule has 0 radical (unpaired) electrons. The van der Waals surface area contributed by atoms with Crippen molar-refractivity contribution in [3.63, 3.8) is 0 Å². The van der Waals surface area contributed by atoms with Crippen molar-refractivity contribution in [3.8, 4) is 34.7 Å². The molecule has 25 heteroatoms. The Morgan fingerprint density at radius 1 is 0.714 bits per heavy atom. The van der Waals surface area contributed by atoms with Gasteiger partial charge in [0.05, 0.1) is 70.8 Å². The number of nitriles is 2. The van der Waals surface area contributed by atoms with Crippen LogP contribution in [0.1, 0.15) is 135 Å². The number of carbonyl (C=O) groups excluding carboxylic acids is 2. The van der Waals surface area contributed by atoms with Crippen LogP contribution in [0.4, 0.5) is 0 Å². The van der Waals surface area contributed by atoms with Gasteiger partial charge in [0.1, 0.15) is 28.1 Å². The van der Waals surface area contributed by atoms with Crippen LogP contribution in [0, 0.1) is 33.5 Å². The number of halogens is 3. The third-order valence-corrected chi connectivity index (χ3v) is 19.4. The molecule has 0 spiro atoms. The van der Waals surface area contributed by atoms with Crippen LogP contribution < -0.4 is 4.72 Å². The van der Waals surface area contributed by atoms with E-state index in [1.807, 2.05) is 79.7 Å². The summed E-state index contributed by atoms with van der Waals surface area (Å²) in [6.45, 7) is 12.3. The Hall–Kier alpha value is -5.33. The maximum atomic E-state index is 13.8. The summed E-state index contributed by atoms with van der Waals surface area (Å²) in [4.78, 5) is 43.2. The first-order valence-electron chi connectivity index (χ1n) is 25.9. The van der Waals surface area contributed by atoms with Crippen LogP contribution in [-0.4, -0.2) is 117 Å². The van der Waals surface area contributed by atoms with Gasteiger partial charge in [-0.1, -0.05) is 76.3 Å². The molecule has 410 valence electrons. The number of rotatable bonds is 12. The van der Waals surface area contributed by atoms with Gasteiger partial charge in [-0.05, 0) is 82.8 Å². The minimum absolute atomic E-state index is 0.0136. The predicted molar refractivity (Wildman–Crippen MR) is 296 cm³/mol. The lowest BCUT2D eigenvalue weighted by molar-refractivity contribution is 0.0746. The number of alkyl halides is 3. The molecule has 5 aliphatic carbocycles. The largest absolute Gasteiger partial charge is 0.273 e. The molecule has 77 heavy (non-hydrogen) atoms. The number of sulfonamides is 1. The van der Waals surface area contributed by atoms with Gasteiger partial charge in [-0.2, -0.15) is 20.7 Å². The molecule has 6 aromatic rings. The van der Waals surface area contributed by atoms with Crippen LogP contribution in [0.5, 0.6) is 0 Å². The predicted octanol–water partition coefficient (Wildman–Crippen LogP) is 9.60. The maximum Gasteiger partial charge on any atom is 0.237 e. The second-order valence-corrected chi connectivity index (χ2v) is 29.4. The quantitative estimate of drug-likeness (QED) is 0.112. The van der Waals surface area contributed by atoms with Crippen LogP contribution in [0.2, 0.25) is 0 Å². The highest BCUT2D eigenvalue weighted by Gasteiger charge is 2.53. The molecule has 5 saturated carbocycles. The summed E-state index contributed by atoms with van der Waals surface area (Å²) in [5.41, 5.74) is 2.44. The third kappa shape index (κ3) is 12.3. The second kappa shape index (κ2) is 21.7. The van der Waals surface area contributed by atoms with Gasteiger partial charge < -0.3 is 0 Å². The minimum atomic E-state index is -2.87. The highest BCUT2D eigenvalue weighted by atomic mass is 35.6. The standard InChI is InChI=1S/C25H30N8O2S.C20H22N6O.C6H11NO2S.CHCl3/c1-24(2,3)23(34)32-11-8-20-21(27-16-28-22(20)32)17-12-29-33(13-17)25(9-10-26)14-31(15-25)36(35,19-6-7-19)30-18-4-5-18;1-19(2,3)18(27)25-10-5-15-16(22-13-23-17(15)25)14-11-24-26(12-14)20(8-9-21)6-4-7-20;8-10(9,6-3-4-6)7-5-1-2-5;2-1(3)4/h8,11-13,16,18-19H,4-7,9,14-15H2,1-3H3;5,10-13H,4,6-8H2,1-3H3;5-7H,1-4H2;1H. The zero-order chi connectivity index (χ0) is 55.3. The van der Waals surface area contributed by atoms with E-state index >= 15 is 0 Å². The van der Waals surface area contributed by atoms with Gasteiger partial charge in [0.25, 0.3) is 0 Å². The third-order valence-electron chi connectivity index (χ3n) is 14.5. The number of carbonyl (C=O) groups is 2. The first kappa shape index (κ1) is 56.4. The maximum absolute atomic E-state index is 13.8. The zero-order valence-corrected chi connectivity index (χ0v) is 47.9. The van der Waals surface area contributed by atoms with Crippen molar-refractivity contribution in [2.24, 2.45) is 15.2 Å². The monoisotopic (exact) mass is 1150 g/mol. The van der Waals surface area contributed by atoms with Crippen LogP contribution in [0.15, 0.2) is 66.3 Å². The Kier molecular flexibility index (Phi) is 15.9. The summed E-state index contributed by atoms with van der Waals surface area (Å²) in [7, 11) is -5.28. The van der Waals surface area contributed by atoms with Crippen molar-refractivity contribution in [2.45, 2.75) is 163 Å². The Balaban J connectivity index is 0.000000153. The molecule has 1 saturated heterocycles. The number of fused-ring (bicyclic) bond motifs is 2. The molecule has 0 amide bonds. The summed E-state index contributed by atoms with van der Waals surface area (Å²) in [6, 6.07) is 8.85. The van der Waals surface area contributed by atoms with Gasteiger partial charge in [0.15, 0.2) is 15.6 Å². The highest BCUT2D eigenvalue weighted by molar-refractivity contribution is 7.92. The molecule has 1 N–H and O–H groups in total. The smallest absolute Gasteiger partial charge is 0.237 e. The lowest BCUT2D eigenvalue weighted by Gasteiger charge is -2.49. The molecule has 6 aliphatic rings. The molecule has 1 unspecified atom stereocenters. The second-order valence-electron chi connectivity index (χ2n) is 23.0.